The molecule has 0 aliphatic rings. The minimum absolute atomic E-state index is 0.446. The van der Waals surface area contributed by atoms with Gasteiger partial charge in [-0.25, -0.2) is 0 Å². The summed E-state index contributed by atoms with van der Waals surface area (Å²) in [5.41, 5.74) is 0. The molecule has 0 saturated heterocycles. The zero-order chi connectivity index (χ0) is 7.66. The molecule has 0 N–H and O–H groups in total. The van der Waals surface area contributed by atoms with Crippen molar-refractivity contribution in [2.45, 2.75) is 44.2 Å². The first-order valence-electron chi connectivity index (χ1n) is 4.20. The second kappa shape index (κ2) is 9.70. The minimum atomic E-state index is -0.446. The van der Waals surface area contributed by atoms with Crippen LogP contribution in [0.5, 0.6) is 0 Å². The first-order valence-corrected chi connectivity index (χ1v) is 7.79. The molecular formula is C8H18OTa. The van der Waals surface area contributed by atoms with Gasteiger partial charge in [-0.15, -0.1) is 0 Å². The van der Waals surface area contributed by atoms with E-state index in [-0.39, 0.29) is 0 Å². The van der Waals surface area contributed by atoms with Crippen molar-refractivity contribution >= 4 is 0 Å². The van der Waals surface area contributed by atoms with E-state index in [2.05, 4.69) is 13.8 Å². The molecule has 2 heteroatoms. The summed E-state index contributed by atoms with van der Waals surface area (Å²) >= 11 is -0.446. The Morgan fingerprint density at radius 3 is 2.50 bits per heavy atom. The fourth-order valence-electron chi connectivity index (χ4n) is 0.647. The third kappa shape index (κ3) is 8.70. The van der Waals surface area contributed by atoms with E-state index in [0.717, 1.165) is 6.61 Å². The van der Waals surface area contributed by atoms with E-state index in [1.165, 1.54) is 30.3 Å². The van der Waals surface area contributed by atoms with Gasteiger partial charge in [-0.1, -0.05) is 0 Å². The first-order chi connectivity index (χ1) is 4.91. The quantitative estimate of drug-likeness (QED) is 0.657. The zero-order valence-corrected chi connectivity index (χ0v) is 10.3. The van der Waals surface area contributed by atoms with Crippen LogP contribution in [-0.4, -0.2) is 6.61 Å². The molecule has 0 fully saturated rings. The molecule has 0 radical (unpaired) electrons. The van der Waals surface area contributed by atoms with Gasteiger partial charge < -0.3 is 0 Å². The first kappa shape index (κ1) is 10.7. The standard InChI is InChI=1S/C5H11.C3H7O.Ta/c1-3-5-4-2;1-2-3-4;/h1,3-5H2,2H3;2-3H2,1H3;/q;-1;+1. The van der Waals surface area contributed by atoms with Gasteiger partial charge in [0.25, 0.3) is 0 Å². The number of hydrogen-bond acceptors (Lipinski definition) is 1. The Kier molecular flexibility index (Phi) is 10.4. The van der Waals surface area contributed by atoms with Crippen LogP contribution in [0.1, 0.15) is 39.5 Å². The normalized spacial score (nSPS) is 9.80. The molecule has 0 rings (SSSR count). The van der Waals surface area contributed by atoms with E-state index in [9.17, 15) is 0 Å². The summed E-state index contributed by atoms with van der Waals surface area (Å²) in [5, 5.41) is 0. The average Bonchev–Trinajstić information content (AvgIpc) is 1.97. The molecule has 0 aliphatic carbocycles. The molecule has 0 unspecified atom stereocenters. The van der Waals surface area contributed by atoms with E-state index in [1.54, 1.807) is 0 Å². The fraction of sp³-hybridized carbons (Fsp3) is 1.00. The predicted octanol–water partition coefficient (Wildman–Crippen LogP) is 3.02. The Bertz CT molecular complexity index is 49.2. The van der Waals surface area contributed by atoms with Crippen molar-refractivity contribution in [1.29, 1.82) is 0 Å². The summed E-state index contributed by atoms with van der Waals surface area (Å²) in [6.45, 7) is 5.44. The molecule has 61 valence electrons. The Morgan fingerprint density at radius 2 is 1.90 bits per heavy atom. The Labute approximate surface area is 74.4 Å². The molecule has 1 nitrogen and oxygen atoms in total. The molecule has 0 spiro atoms. The Hall–Kier alpha value is 0.700. The summed E-state index contributed by atoms with van der Waals surface area (Å²) in [6.07, 6.45) is 5.35. The average molecular weight is 311 g/mol. The van der Waals surface area contributed by atoms with Crippen LogP contribution in [0.3, 0.4) is 0 Å². The van der Waals surface area contributed by atoms with Crippen molar-refractivity contribution in [2.75, 3.05) is 6.61 Å². The number of hydrogen-bond donors (Lipinski definition) is 0. The molecule has 0 aromatic carbocycles. The van der Waals surface area contributed by atoms with E-state index in [0.29, 0.717) is 0 Å². The van der Waals surface area contributed by atoms with Crippen LogP contribution < -0.4 is 0 Å². The van der Waals surface area contributed by atoms with Crippen LogP contribution in [0.15, 0.2) is 0 Å². The fourth-order valence-corrected chi connectivity index (χ4v) is 3.50. The summed E-state index contributed by atoms with van der Waals surface area (Å²) in [4.78, 5) is 0. The monoisotopic (exact) mass is 311 g/mol. The molecule has 10 heavy (non-hydrogen) atoms. The van der Waals surface area contributed by atoms with Gasteiger partial charge in [0.05, 0.1) is 0 Å². The van der Waals surface area contributed by atoms with E-state index >= 15 is 0 Å². The summed E-state index contributed by atoms with van der Waals surface area (Å²) in [6, 6.07) is 0. The summed E-state index contributed by atoms with van der Waals surface area (Å²) in [7, 11) is 0. The van der Waals surface area contributed by atoms with Crippen molar-refractivity contribution in [3.05, 3.63) is 0 Å². The molecule has 0 saturated carbocycles. The van der Waals surface area contributed by atoms with Gasteiger partial charge in [0.15, 0.2) is 0 Å². The van der Waals surface area contributed by atoms with Crippen molar-refractivity contribution in [1.82, 2.24) is 0 Å². The number of rotatable bonds is 7. The van der Waals surface area contributed by atoms with Crippen molar-refractivity contribution in [2.24, 2.45) is 0 Å². The van der Waals surface area contributed by atoms with Crippen molar-refractivity contribution in [3.63, 3.8) is 0 Å². The van der Waals surface area contributed by atoms with Gasteiger partial charge in [0.1, 0.15) is 0 Å². The van der Waals surface area contributed by atoms with Crippen LogP contribution in [0, 0.1) is 0 Å². The second-order valence-electron chi connectivity index (χ2n) is 2.39. The predicted molar refractivity (Wildman–Crippen MR) is 40.6 cm³/mol. The van der Waals surface area contributed by atoms with Crippen LogP contribution in [-0.2, 0) is 23.4 Å². The van der Waals surface area contributed by atoms with Gasteiger partial charge in [-0.05, 0) is 0 Å². The van der Waals surface area contributed by atoms with Gasteiger partial charge >= 0.3 is 74.2 Å². The molecule has 0 atom stereocenters. The van der Waals surface area contributed by atoms with Crippen LogP contribution in [0.2, 0.25) is 4.64 Å². The van der Waals surface area contributed by atoms with Gasteiger partial charge in [-0.3, -0.25) is 0 Å². The van der Waals surface area contributed by atoms with Crippen molar-refractivity contribution < 1.29 is 23.4 Å². The maximum absolute atomic E-state index is 5.51. The second-order valence-corrected chi connectivity index (χ2v) is 5.85. The van der Waals surface area contributed by atoms with Crippen LogP contribution >= 0.6 is 0 Å². The molecule has 0 aromatic rings. The topological polar surface area (TPSA) is 9.23 Å². The maximum atomic E-state index is 5.51. The Balaban J connectivity index is 2.65. The van der Waals surface area contributed by atoms with Crippen molar-refractivity contribution in [3.8, 4) is 0 Å². The Morgan fingerprint density at radius 1 is 1.10 bits per heavy atom. The van der Waals surface area contributed by atoms with Gasteiger partial charge in [0.2, 0.25) is 0 Å². The third-order valence-corrected chi connectivity index (χ3v) is 4.34. The molecule has 0 amide bonds. The number of unbranched alkanes of at least 4 members (excludes halogenated alkanes) is 2. The molecule has 0 bridgehead atoms. The molecular weight excluding hydrogens is 293 g/mol. The summed E-state index contributed by atoms with van der Waals surface area (Å²) < 4.78 is 6.93. The van der Waals surface area contributed by atoms with Gasteiger partial charge in [0, 0.05) is 0 Å². The molecule has 0 aliphatic heterocycles. The summed E-state index contributed by atoms with van der Waals surface area (Å²) in [5.74, 6) is 0. The third-order valence-electron chi connectivity index (χ3n) is 1.24. The van der Waals surface area contributed by atoms with Gasteiger partial charge in [-0.2, -0.15) is 0 Å². The van der Waals surface area contributed by atoms with E-state index < -0.39 is 20.2 Å². The molecule has 0 aromatic heterocycles. The van der Waals surface area contributed by atoms with Crippen LogP contribution in [0.25, 0.3) is 0 Å². The van der Waals surface area contributed by atoms with E-state index in [4.69, 9.17) is 3.24 Å². The SMILES string of the molecule is CCCC[CH2][Ta][O]CCC. The zero-order valence-electron chi connectivity index (χ0n) is 7.10. The molecule has 0 heterocycles. The van der Waals surface area contributed by atoms with Crippen LogP contribution in [0.4, 0.5) is 0 Å². The van der Waals surface area contributed by atoms with E-state index in [1.807, 2.05) is 0 Å².